The molecule has 0 saturated carbocycles. The van der Waals surface area contributed by atoms with E-state index in [1.807, 2.05) is 0 Å². The Labute approximate surface area is 96.7 Å². The van der Waals surface area contributed by atoms with E-state index in [1.165, 1.54) is 0 Å². The summed E-state index contributed by atoms with van der Waals surface area (Å²) in [5.74, 6) is 0.324. The normalized spacial score (nSPS) is 14.9. The van der Waals surface area contributed by atoms with Crippen molar-refractivity contribution in [2.75, 3.05) is 12.4 Å². The van der Waals surface area contributed by atoms with E-state index in [4.69, 9.17) is 22.4 Å². The zero-order valence-corrected chi connectivity index (χ0v) is 9.80. The van der Waals surface area contributed by atoms with Gasteiger partial charge in [0.1, 0.15) is 0 Å². The molecule has 5 heteroatoms. The molecule has 0 aliphatic heterocycles. The van der Waals surface area contributed by atoms with E-state index in [-0.39, 0.29) is 12.6 Å². The average molecular weight is 248 g/mol. The summed E-state index contributed by atoms with van der Waals surface area (Å²) >= 11 is 5.90. The molecule has 2 atom stereocenters. The Morgan fingerprint density at radius 2 is 2.13 bits per heavy atom. The van der Waals surface area contributed by atoms with Gasteiger partial charge in [-0.2, -0.15) is 0 Å². The number of hydrogen-bond acceptors (Lipinski definition) is 3. The van der Waals surface area contributed by atoms with E-state index >= 15 is 0 Å². The van der Waals surface area contributed by atoms with Crippen molar-refractivity contribution in [3.05, 3.63) is 29.3 Å². The highest BCUT2D eigenvalue weighted by Gasteiger charge is 2.12. The van der Waals surface area contributed by atoms with Crippen molar-refractivity contribution < 1.29 is 9.32 Å². The number of aliphatic hydroxyl groups is 1. The quantitative estimate of drug-likeness (QED) is 0.821. The van der Waals surface area contributed by atoms with E-state index in [9.17, 15) is 4.21 Å². The van der Waals surface area contributed by atoms with Crippen LogP contribution in [0.2, 0.25) is 5.02 Å². The minimum atomic E-state index is -1.19. The number of aliphatic hydroxyl groups excluding tert-OH is 1. The van der Waals surface area contributed by atoms with Crippen molar-refractivity contribution >= 4 is 22.4 Å². The van der Waals surface area contributed by atoms with Gasteiger partial charge in [0.2, 0.25) is 0 Å². The summed E-state index contributed by atoms with van der Waals surface area (Å²) in [6.45, 7) is 0.0148. The molecule has 0 radical (unpaired) electrons. The summed E-state index contributed by atoms with van der Waals surface area (Å²) in [4.78, 5) is 0.604. The fourth-order valence-corrected chi connectivity index (χ4v) is 2.81. The third-order valence-corrected chi connectivity index (χ3v) is 3.97. The van der Waals surface area contributed by atoms with Gasteiger partial charge in [0, 0.05) is 18.4 Å². The van der Waals surface area contributed by atoms with Crippen molar-refractivity contribution in [2.24, 2.45) is 5.73 Å². The molecule has 1 aromatic carbocycles. The van der Waals surface area contributed by atoms with Gasteiger partial charge >= 0.3 is 0 Å². The molecule has 15 heavy (non-hydrogen) atoms. The van der Waals surface area contributed by atoms with Crippen LogP contribution in [0.4, 0.5) is 0 Å². The Bertz CT molecular complexity index is 346. The van der Waals surface area contributed by atoms with Gasteiger partial charge in [-0.15, -0.1) is 0 Å². The molecule has 3 nitrogen and oxygen atoms in total. The minimum absolute atomic E-state index is 0.0148. The fraction of sp³-hybridized carbons (Fsp3) is 0.400. The average Bonchev–Trinajstić information content (AvgIpc) is 2.18. The van der Waals surface area contributed by atoms with Crippen LogP contribution in [-0.4, -0.2) is 27.7 Å². The highest BCUT2D eigenvalue weighted by Crippen LogP contribution is 2.19. The third-order valence-electron chi connectivity index (χ3n) is 1.95. The topological polar surface area (TPSA) is 63.3 Å². The Hall–Kier alpha value is -0.420. The van der Waals surface area contributed by atoms with E-state index < -0.39 is 10.8 Å². The summed E-state index contributed by atoms with van der Waals surface area (Å²) < 4.78 is 11.8. The van der Waals surface area contributed by atoms with E-state index in [1.54, 1.807) is 24.3 Å². The summed E-state index contributed by atoms with van der Waals surface area (Å²) in [7, 11) is -1.19. The van der Waals surface area contributed by atoms with Crippen LogP contribution in [0.3, 0.4) is 0 Å². The monoisotopic (exact) mass is 247 g/mol. The van der Waals surface area contributed by atoms with Gasteiger partial charge in [-0.3, -0.25) is 4.21 Å². The lowest BCUT2D eigenvalue weighted by Gasteiger charge is -2.10. The predicted octanol–water partition coefficient (Wildman–Crippen LogP) is 1.16. The molecule has 0 bridgehead atoms. The van der Waals surface area contributed by atoms with Gasteiger partial charge in [0.25, 0.3) is 0 Å². The summed E-state index contributed by atoms with van der Waals surface area (Å²) in [5, 5.41) is 9.16. The van der Waals surface area contributed by atoms with E-state index in [0.717, 1.165) is 0 Å². The first-order valence-electron chi connectivity index (χ1n) is 4.64. The maximum atomic E-state index is 11.8. The van der Waals surface area contributed by atoms with Gasteiger partial charge in [0.15, 0.2) is 0 Å². The Balaban J connectivity index is 2.65. The van der Waals surface area contributed by atoms with Crippen molar-refractivity contribution in [1.82, 2.24) is 0 Å². The van der Waals surface area contributed by atoms with Gasteiger partial charge in [-0.05, 0) is 18.6 Å². The molecular weight excluding hydrogens is 234 g/mol. The summed E-state index contributed by atoms with van der Waals surface area (Å²) in [5.41, 5.74) is 5.68. The molecule has 0 amide bonds. The molecule has 84 valence electrons. The lowest BCUT2D eigenvalue weighted by Crippen LogP contribution is -2.28. The molecule has 0 fully saturated rings. The van der Waals surface area contributed by atoms with Gasteiger partial charge in [-0.1, -0.05) is 23.7 Å². The van der Waals surface area contributed by atoms with E-state index in [0.29, 0.717) is 22.1 Å². The first-order valence-corrected chi connectivity index (χ1v) is 6.34. The van der Waals surface area contributed by atoms with Crippen LogP contribution in [0.15, 0.2) is 29.2 Å². The Kier molecular flexibility index (Phi) is 5.25. The van der Waals surface area contributed by atoms with Crippen molar-refractivity contribution in [3.63, 3.8) is 0 Å². The Morgan fingerprint density at radius 3 is 2.73 bits per heavy atom. The van der Waals surface area contributed by atoms with Crippen LogP contribution >= 0.6 is 11.6 Å². The van der Waals surface area contributed by atoms with Crippen LogP contribution < -0.4 is 5.73 Å². The van der Waals surface area contributed by atoms with E-state index in [2.05, 4.69) is 0 Å². The number of hydrogen-bond donors (Lipinski definition) is 2. The molecule has 1 aromatic rings. The molecule has 0 aromatic heterocycles. The van der Waals surface area contributed by atoms with Crippen molar-refractivity contribution in [3.8, 4) is 0 Å². The standard InChI is InChI=1S/C10H14ClNO2S/c11-9-3-1-2-4-10(9)15(14)7-8(12)5-6-13/h1-4,8,13H,5-7,12H2. The number of benzene rings is 1. The molecular formula is C10H14ClNO2S. The minimum Gasteiger partial charge on any atom is -0.396 e. The zero-order chi connectivity index (χ0) is 11.3. The maximum absolute atomic E-state index is 11.8. The molecule has 1 rings (SSSR count). The predicted molar refractivity (Wildman–Crippen MR) is 62.4 cm³/mol. The third kappa shape index (κ3) is 3.91. The highest BCUT2D eigenvalue weighted by molar-refractivity contribution is 7.85. The van der Waals surface area contributed by atoms with Crippen LogP contribution in [0, 0.1) is 0 Å². The fourth-order valence-electron chi connectivity index (χ4n) is 1.16. The second kappa shape index (κ2) is 6.23. The van der Waals surface area contributed by atoms with Crippen molar-refractivity contribution in [2.45, 2.75) is 17.4 Å². The summed E-state index contributed by atoms with van der Waals surface area (Å²) in [6.07, 6.45) is 0.455. The first kappa shape index (κ1) is 12.6. The molecule has 0 saturated heterocycles. The largest absolute Gasteiger partial charge is 0.396 e. The van der Waals surface area contributed by atoms with Crippen LogP contribution in [0.1, 0.15) is 6.42 Å². The van der Waals surface area contributed by atoms with Crippen LogP contribution in [-0.2, 0) is 10.8 Å². The van der Waals surface area contributed by atoms with Gasteiger partial charge < -0.3 is 10.8 Å². The SMILES string of the molecule is NC(CCO)CS(=O)c1ccccc1Cl. The molecule has 0 spiro atoms. The smallest absolute Gasteiger partial charge is 0.0574 e. The van der Waals surface area contributed by atoms with Crippen LogP contribution in [0.5, 0.6) is 0 Å². The number of rotatable bonds is 5. The first-order chi connectivity index (χ1) is 7.15. The van der Waals surface area contributed by atoms with Gasteiger partial charge in [0.05, 0.1) is 20.7 Å². The highest BCUT2D eigenvalue weighted by atomic mass is 35.5. The number of halogens is 1. The molecule has 0 aliphatic carbocycles. The van der Waals surface area contributed by atoms with Crippen molar-refractivity contribution in [1.29, 1.82) is 0 Å². The molecule has 0 heterocycles. The van der Waals surface area contributed by atoms with Crippen LogP contribution in [0.25, 0.3) is 0 Å². The molecule has 3 N–H and O–H groups in total. The molecule has 2 unspecified atom stereocenters. The van der Waals surface area contributed by atoms with Gasteiger partial charge in [-0.25, -0.2) is 0 Å². The lowest BCUT2D eigenvalue weighted by atomic mass is 10.3. The lowest BCUT2D eigenvalue weighted by molar-refractivity contribution is 0.279. The second-order valence-electron chi connectivity index (χ2n) is 3.21. The summed E-state index contributed by atoms with van der Waals surface area (Å²) in [6, 6.07) is 6.75. The number of nitrogens with two attached hydrogens (primary N) is 1. The molecule has 0 aliphatic rings. The zero-order valence-electron chi connectivity index (χ0n) is 8.23. The second-order valence-corrected chi connectivity index (χ2v) is 5.09. The maximum Gasteiger partial charge on any atom is 0.0574 e. The Morgan fingerprint density at radius 1 is 1.47 bits per heavy atom.